The van der Waals surface area contributed by atoms with Gasteiger partial charge in [0.1, 0.15) is 5.01 Å². The Labute approximate surface area is 167 Å². The SMILES string of the molecule is Cc1ccc2nc(-c3ccc(N=Cc4cccc5ccccc45)cc3)sc2c1. The van der Waals surface area contributed by atoms with E-state index in [4.69, 9.17) is 4.98 Å². The number of thiazole rings is 1. The van der Waals surface area contributed by atoms with Crippen LogP contribution in [0.15, 0.2) is 89.9 Å². The highest BCUT2D eigenvalue weighted by molar-refractivity contribution is 7.21. The number of hydrogen-bond donors (Lipinski definition) is 0. The fraction of sp³-hybridized carbons (Fsp3) is 0.0400. The molecule has 0 unspecified atom stereocenters. The summed E-state index contributed by atoms with van der Waals surface area (Å²) in [7, 11) is 0. The van der Waals surface area contributed by atoms with Crippen LogP contribution in [-0.2, 0) is 0 Å². The van der Waals surface area contributed by atoms with Crippen molar-refractivity contribution < 1.29 is 0 Å². The molecule has 0 aliphatic rings. The zero-order valence-corrected chi connectivity index (χ0v) is 16.3. The first-order chi connectivity index (χ1) is 13.8. The van der Waals surface area contributed by atoms with Crippen molar-refractivity contribution in [3.8, 4) is 10.6 Å². The number of aliphatic imine (C=N–C) groups is 1. The van der Waals surface area contributed by atoms with Crippen molar-refractivity contribution in [3.63, 3.8) is 0 Å². The van der Waals surface area contributed by atoms with Crippen LogP contribution < -0.4 is 0 Å². The maximum atomic E-state index is 4.76. The Bertz CT molecular complexity index is 1310. The lowest BCUT2D eigenvalue weighted by Crippen LogP contribution is -1.83. The zero-order chi connectivity index (χ0) is 18.9. The van der Waals surface area contributed by atoms with Gasteiger partial charge in [0.2, 0.25) is 0 Å². The van der Waals surface area contributed by atoms with Gasteiger partial charge in [0, 0.05) is 17.3 Å². The smallest absolute Gasteiger partial charge is 0.124 e. The lowest BCUT2D eigenvalue weighted by atomic mass is 10.1. The van der Waals surface area contributed by atoms with Gasteiger partial charge >= 0.3 is 0 Å². The summed E-state index contributed by atoms with van der Waals surface area (Å²) in [4.78, 5) is 9.44. The molecule has 0 atom stereocenters. The lowest BCUT2D eigenvalue weighted by molar-refractivity contribution is 1.45. The normalized spacial score (nSPS) is 11.6. The predicted molar refractivity (Wildman–Crippen MR) is 121 cm³/mol. The summed E-state index contributed by atoms with van der Waals surface area (Å²) >= 11 is 1.73. The van der Waals surface area contributed by atoms with Gasteiger partial charge in [-0.2, -0.15) is 0 Å². The minimum absolute atomic E-state index is 0.939. The van der Waals surface area contributed by atoms with Gasteiger partial charge in [0.05, 0.1) is 15.9 Å². The molecule has 0 radical (unpaired) electrons. The van der Waals surface area contributed by atoms with Crippen molar-refractivity contribution in [2.45, 2.75) is 6.92 Å². The molecule has 28 heavy (non-hydrogen) atoms. The van der Waals surface area contributed by atoms with Crippen molar-refractivity contribution in [3.05, 3.63) is 96.1 Å². The van der Waals surface area contributed by atoms with Crippen LogP contribution in [0.25, 0.3) is 31.6 Å². The van der Waals surface area contributed by atoms with Crippen LogP contribution in [0.2, 0.25) is 0 Å². The van der Waals surface area contributed by atoms with Gasteiger partial charge in [0.25, 0.3) is 0 Å². The molecule has 2 nitrogen and oxygen atoms in total. The van der Waals surface area contributed by atoms with Gasteiger partial charge in [0.15, 0.2) is 0 Å². The topological polar surface area (TPSA) is 25.2 Å². The maximum absolute atomic E-state index is 4.76. The van der Waals surface area contributed by atoms with Crippen LogP contribution in [0.1, 0.15) is 11.1 Å². The first-order valence-electron chi connectivity index (χ1n) is 9.26. The van der Waals surface area contributed by atoms with Crippen LogP contribution in [-0.4, -0.2) is 11.2 Å². The molecule has 4 aromatic carbocycles. The Kier molecular flexibility index (Phi) is 4.22. The molecule has 0 fully saturated rings. The summed E-state index contributed by atoms with van der Waals surface area (Å²) in [5.41, 5.74) is 5.52. The molecule has 0 N–H and O–H groups in total. The van der Waals surface area contributed by atoms with Crippen molar-refractivity contribution in [2.24, 2.45) is 4.99 Å². The third kappa shape index (κ3) is 3.21. The molecule has 0 bridgehead atoms. The van der Waals surface area contributed by atoms with E-state index in [9.17, 15) is 0 Å². The van der Waals surface area contributed by atoms with Crippen molar-refractivity contribution in [2.75, 3.05) is 0 Å². The van der Waals surface area contributed by atoms with Crippen LogP contribution in [0.4, 0.5) is 5.69 Å². The zero-order valence-electron chi connectivity index (χ0n) is 15.5. The van der Waals surface area contributed by atoms with Gasteiger partial charge in [-0.3, -0.25) is 4.99 Å². The first-order valence-corrected chi connectivity index (χ1v) is 10.1. The number of nitrogens with zero attached hydrogens (tertiary/aromatic N) is 2. The Morgan fingerprint density at radius 1 is 0.857 bits per heavy atom. The Hall–Kier alpha value is -3.30. The third-order valence-corrected chi connectivity index (χ3v) is 5.90. The monoisotopic (exact) mass is 378 g/mol. The Morgan fingerprint density at radius 3 is 2.57 bits per heavy atom. The standard InChI is InChI=1S/C25H18N2S/c1-17-9-14-23-24(15-17)28-25(27-23)19-10-12-21(13-11-19)26-16-20-7-4-6-18-5-2-3-8-22(18)20/h2-16H,1H3. The third-order valence-electron chi connectivity index (χ3n) is 4.83. The minimum atomic E-state index is 0.939. The van der Waals surface area contributed by atoms with Gasteiger partial charge in [-0.1, -0.05) is 48.5 Å². The molecular formula is C25H18N2S. The van der Waals surface area contributed by atoms with E-state index in [-0.39, 0.29) is 0 Å². The summed E-state index contributed by atoms with van der Waals surface area (Å²) in [6.07, 6.45) is 1.94. The largest absolute Gasteiger partial charge is 0.256 e. The van der Waals surface area contributed by atoms with Crippen molar-refractivity contribution >= 4 is 44.2 Å². The van der Waals surface area contributed by atoms with E-state index >= 15 is 0 Å². The summed E-state index contributed by atoms with van der Waals surface area (Å²) in [6.45, 7) is 2.11. The number of rotatable bonds is 3. The molecule has 134 valence electrons. The molecule has 0 amide bonds. The quantitative estimate of drug-likeness (QED) is 0.305. The number of aryl methyl sites for hydroxylation is 1. The molecule has 5 rings (SSSR count). The summed E-state index contributed by atoms with van der Waals surface area (Å²) in [5.74, 6) is 0. The van der Waals surface area contributed by atoms with Crippen molar-refractivity contribution in [1.29, 1.82) is 0 Å². The number of benzene rings is 4. The van der Waals surface area contributed by atoms with Crippen LogP contribution in [0, 0.1) is 6.92 Å². The van der Waals surface area contributed by atoms with E-state index in [1.807, 2.05) is 18.3 Å². The average Bonchev–Trinajstić information content (AvgIpc) is 3.16. The maximum Gasteiger partial charge on any atom is 0.124 e. The highest BCUT2D eigenvalue weighted by Gasteiger charge is 2.06. The molecule has 3 heteroatoms. The van der Waals surface area contributed by atoms with Gasteiger partial charge in [-0.05, 0) is 59.7 Å². The fourth-order valence-corrected chi connectivity index (χ4v) is 4.42. The molecule has 5 aromatic rings. The second-order valence-electron chi connectivity index (χ2n) is 6.86. The number of aromatic nitrogens is 1. The van der Waals surface area contributed by atoms with Crippen LogP contribution >= 0.6 is 11.3 Å². The van der Waals surface area contributed by atoms with Crippen LogP contribution in [0.3, 0.4) is 0 Å². The Morgan fingerprint density at radius 2 is 1.68 bits per heavy atom. The number of fused-ring (bicyclic) bond motifs is 2. The average molecular weight is 379 g/mol. The van der Waals surface area contributed by atoms with Gasteiger partial charge in [-0.15, -0.1) is 11.3 Å². The molecular weight excluding hydrogens is 360 g/mol. The fourth-order valence-electron chi connectivity index (χ4n) is 3.35. The second-order valence-corrected chi connectivity index (χ2v) is 7.89. The van der Waals surface area contributed by atoms with Crippen LogP contribution in [0.5, 0.6) is 0 Å². The second kappa shape index (κ2) is 7.02. The molecule has 0 aliphatic carbocycles. The van der Waals surface area contributed by atoms with E-state index in [2.05, 4.69) is 84.7 Å². The van der Waals surface area contributed by atoms with Crippen molar-refractivity contribution in [1.82, 2.24) is 4.98 Å². The van der Waals surface area contributed by atoms with E-state index in [1.165, 1.54) is 21.0 Å². The van der Waals surface area contributed by atoms with Gasteiger partial charge < -0.3 is 0 Å². The lowest BCUT2D eigenvalue weighted by Gasteiger charge is -2.01. The minimum Gasteiger partial charge on any atom is -0.256 e. The highest BCUT2D eigenvalue weighted by Crippen LogP contribution is 2.31. The van der Waals surface area contributed by atoms with E-state index in [0.29, 0.717) is 0 Å². The molecule has 1 aromatic heterocycles. The summed E-state index contributed by atoms with van der Waals surface area (Å²) in [5, 5.41) is 3.49. The van der Waals surface area contributed by atoms with Gasteiger partial charge in [-0.25, -0.2) is 4.98 Å². The van der Waals surface area contributed by atoms with E-state index in [0.717, 1.165) is 27.3 Å². The first kappa shape index (κ1) is 16.8. The van der Waals surface area contributed by atoms with E-state index < -0.39 is 0 Å². The number of hydrogen-bond acceptors (Lipinski definition) is 3. The van der Waals surface area contributed by atoms with E-state index in [1.54, 1.807) is 11.3 Å². The molecule has 0 aliphatic heterocycles. The molecule has 1 heterocycles. The molecule has 0 spiro atoms. The molecule has 0 saturated heterocycles. The summed E-state index contributed by atoms with van der Waals surface area (Å²) in [6, 6.07) is 29.4. The Balaban J connectivity index is 1.43. The highest BCUT2D eigenvalue weighted by atomic mass is 32.1. The summed E-state index contributed by atoms with van der Waals surface area (Å²) < 4.78 is 1.23. The molecule has 0 saturated carbocycles. The predicted octanol–water partition coefficient (Wildman–Crippen LogP) is 7.18.